The number of carboxylic acids is 1. The van der Waals surface area contributed by atoms with Crippen LogP contribution >= 0.6 is 0 Å². The third-order valence-corrected chi connectivity index (χ3v) is 3.89. The Kier molecular flexibility index (Phi) is 4.10. The number of phenolic OH excluding ortho intramolecular Hbond substituents is 1. The summed E-state index contributed by atoms with van der Waals surface area (Å²) in [6.45, 7) is 5.63. The van der Waals surface area contributed by atoms with Crippen molar-refractivity contribution >= 4 is 5.97 Å². The highest BCUT2D eigenvalue weighted by atomic mass is 16.4. The Labute approximate surface area is 113 Å². The van der Waals surface area contributed by atoms with Gasteiger partial charge in [0.25, 0.3) is 0 Å². The topological polar surface area (TPSA) is 60.8 Å². The zero-order valence-electron chi connectivity index (χ0n) is 11.5. The number of carboxylic acid groups (broad SMARTS) is 1. The summed E-state index contributed by atoms with van der Waals surface area (Å²) in [5.41, 5.74) is 1.46. The van der Waals surface area contributed by atoms with Crippen molar-refractivity contribution in [3.63, 3.8) is 0 Å². The third kappa shape index (κ3) is 3.07. The lowest BCUT2D eigenvalue weighted by atomic mass is 9.95. The summed E-state index contributed by atoms with van der Waals surface area (Å²) < 4.78 is 0. The predicted molar refractivity (Wildman–Crippen MR) is 73.2 cm³/mol. The average Bonchev–Trinajstić information content (AvgIpc) is 2.36. The molecule has 2 rings (SSSR count). The minimum absolute atomic E-state index is 0.0663. The Balaban J connectivity index is 2.30. The van der Waals surface area contributed by atoms with Crippen LogP contribution in [0.3, 0.4) is 0 Å². The Bertz CT molecular complexity index is 464. The highest BCUT2D eigenvalue weighted by Crippen LogP contribution is 2.32. The van der Waals surface area contributed by atoms with Crippen LogP contribution in [-0.4, -0.2) is 34.2 Å². The third-order valence-electron chi connectivity index (χ3n) is 3.89. The number of rotatable bonds is 3. The van der Waals surface area contributed by atoms with Crippen molar-refractivity contribution in [1.82, 2.24) is 4.90 Å². The molecule has 1 fully saturated rings. The quantitative estimate of drug-likeness (QED) is 0.880. The van der Waals surface area contributed by atoms with Crippen LogP contribution < -0.4 is 0 Å². The zero-order chi connectivity index (χ0) is 14.0. The molecule has 2 N–H and O–H groups in total. The molecule has 0 bridgehead atoms. The Hall–Kier alpha value is -1.55. The number of nitrogens with zero attached hydrogens (tertiary/aromatic N) is 1. The fourth-order valence-electron chi connectivity index (χ4n) is 2.67. The number of benzene rings is 1. The minimum Gasteiger partial charge on any atom is -0.508 e. The standard InChI is InChI=1S/C15H21NO3/c1-10-5-7-16(8-6-10)14(15(18)19)12-9-11(2)3-4-13(12)17/h3-4,9-10,14,17H,5-8H2,1-2H3,(H,18,19). The lowest BCUT2D eigenvalue weighted by molar-refractivity contribution is -0.144. The van der Waals surface area contributed by atoms with Crippen LogP contribution in [-0.2, 0) is 4.79 Å². The number of piperidine rings is 1. The molecule has 1 atom stereocenters. The van der Waals surface area contributed by atoms with E-state index in [1.807, 2.05) is 11.8 Å². The number of aliphatic carboxylic acids is 1. The number of hydrogen-bond donors (Lipinski definition) is 2. The maximum absolute atomic E-state index is 11.6. The Morgan fingerprint density at radius 3 is 2.58 bits per heavy atom. The molecule has 19 heavy (non-hydrogen) atoms. The fourth-order valence-corrected chi connectivity index (χ4v) is 2.67. The van der Waals surface area contributed by atoms with Gasteiger partial charge in [0, 0.05) is 5.56 Å². The Morgan fingerprint density at radius 2 is 2.00 bits per heavy atom. The second-order valence-electron chi connectivity index (χ2n) is 5.52. The van der Waals surface area contributed by atoms with Crippen LogP contribution in [0.2, 0.25) is 0 Å². The molecular formula is C15H21NO3. The first-order chi connectivity index (χ1) is 8.99. The van der Waals surface area contributed by atoms with Gasteiger partial charge in [-0.1, -0.05) is 24.6 Å². The van der Waals surface area contributed by atoms with Crippen LogP contribution in [0.25, 0.3) is 0 Å². The van der Waals surface area contributed by atoms with E-state index in [0.29, 0.717) is 11.5 Å². The smallest absolute Gasteiger partial charge is 0.325 e. The number of phenols is 1. The first kappa shape index (κ1) is 13.9. The van der Waals surface area contributed by atoms with Crippen LogP contribution in [0.15, 0.2) is 18.2 Å². The molecule has 1 aliphatic heterocycles. The van der Waals surface area contributed by atoms with E-state index in [9.17, 15) is 15.0 Å². The predicted octanol–water partition coefficient (Wildman–Crippen LogP) is 2.56. The molecule has 4 heteroatoms. The van der Waals surface area contributed by atoms with Crippen LogP contribution in [0.4, 0.5) is 0 Å². The first-order valence-electron chi connectivity index (χ1n) is 6.75. The maximum Gasteiger partial charge on any atom is 0.325 e. The van der Waals surface area contributed by atoms with Gasteiger partial charge in [-0.15, -0.1) is 0 Å². The van der Waals surface area contributed by atoms with E-state index >= 15 is 0 Å². The van der Waals surface area contributed by atoms with Crippen molar-refractivity contribution in [1.29, 1.82) is 0 Å². The maximum atomic E-state index is 11.6. The SMILES string of the molecule is Cc1ccc(O)c(C(C(=O)O)N2CCC(C)CC2)c1. The van der Waals surface area contributed by atoms with E-state index in [-0.39, 0.29) is 5.75 Å². The highest BCUT2D eigenvalue weighted by molar-refractivity contribution is 5.76. The molecular weight excluding hydrogens is 242 g/mol. The van der Waals surface area contributed by atoms with Gasteiger partial charge in [0.1, 0.15) is 11.8 Å². The number of aromatic hydroxyl groups is 1. The van der Waals surface area contributed by atoms with Crippen molar-refractivity contribution in [3.8, 4) is 5.75 Å². The van der Waals surface area contributed by atoms with E-state index in [1.165, 1.54) is 0 Å². The lowest BCUT2D eigenvalue weighted by Gasteiger charge is -2.35. The van der Waals surface area contributed by atoms with E-state index in [0.717, 1.165) is 31.5 Å². The van der Waals surface area contributed by atoms with Gasteiger partial charge in [0.2, 0.25) is 0 Å². The van der Waals surface area contributed by atoms with Crippen LogP contribution in [0.5, 0.6) is 5.75 Å². The van der Waals surface area contributed by atoms with Crippen molar-refractivity contribution in [2.24, 2.45) is 5.92 Å². The molecule has 1 unspecified atom stereocenters. The van der Waals surface area contributed by atoms with E-state index in [1.54, 1.807) is 18.2 Å². The van der Waals surface area contributed by atoms with Gasteiger partial charge in [0.05, 0.1) is 0 Å². The lowest BCUT2D eigenvalue weighted by Crippen LogP contribution is -2.39. The summed E-state index contributed by atoms with van der Waals surface area (Å²) in [5.74, 6) is -0.177. The molecule has 0 spiro atoms. The van der Waals surface area contributed by atoms with Gasteiger partial charge in [-0.3, -0.25) is 9.69 Å². The van der Waals surface area contributed by atoms with Gasteiger partial charge in [-0.05, 0) is 44.8 Å². The van der Waals surface area contributed by atoms with Crippen molar-refractivity contribution in [2.75, 3.05) is 13.1 Å². The molecule has 1 aromatic carbocycles. The summed E-state index contributed by atoms with van der Waals surface area (Å²) in [7, 11) is 0. The van der Waals surface area contributed by atoms with Crippen molar-refractivity contribution in [3.05, 3.63) is 29.3 Å². The normalized spacial score (nSPS) is 19.3. The van der Waals surface area contributed by atoms with E-state index < -0.39 is 12.0 Å². The van der Waals surface area contributed by atoms with Gasteiger partial charge in [0.15, 0.2) is 0 Å². The molecule has 0 radical (unpaired) electrons. The zero-order valence-corrected chi connectivity index (χ0v) is 11.5. The van der Waals surface area contributed by atoms with Crippen LogP contribution in [0.1, 0.15) is 36.9 Å². The number of likely N-dealkylation sites (tertiary alicyclic amines) is 1. The van der Waals surface area contributed by atoms with Crippen LogP contribution in [0, 0.1) is 12.8 Å². The van der Waals surface area contributed by atoms with E-state index in [2.05, 4.69) is 6.92 Å². The molecule has 104 valence electrons. The summed E-state index contributed by atoms with van der Waals surface area (Å²) in [5, 5.41) is 19.5. The molecule has 0 amide bonds. The number of carbonyl (C=O) groups is 1. The summed E-state index contributed by atoms with van der Waals surface area (Å²) in [6.07, 6.45) is 2.02. The van der Waals surface area contributed by atoms with Crippen molar-refractivity contribution in [2.45, 2.75) is 32.7 Å². The second-order valence-corrected chi connectivity index (χ2v) is 5.52. The summed E-state index contributed by atoms with van der Waals surface area (Å²) >= 11 is 0. The monoisotopic (exact) mass is 263 g/mol. The highest BCUT2D eigenvalue weighted by Gasteiger charge is 2.31. The van der Waals surface area contributed by atoms with E-state index in [4.69, 9.17) is 0 Å². The molecule has 1 aromatic rings. The first-order valence-corrected chi connectivity index (χ1v) is 6.75. The molecule has 0 aromatic heterocycles. The van der Waals surface area contributed by atoms with Gasteiger partial charge < -0.3 is 10.2 Å². The number of hydrogen-bond acceptors (Lipinski definition) is 3. The van der Waals surface area contributed by atoms with Gasteiger partial charge >= 0.3 is 5.97 Å². The molecule has 4 nitrogen and oxygen atoms in total. The minimum atomic E-state index is -0.893. The molecule has 1 heterocycles. The second kappa shape index (κ2) is 5.61. The molecule has 0 saturated carbocycles. The molecule has 1 saturated heterocycles. The molecule has 0 aliphatic carbocycles. The average molecular weight is 263 g/mol. The fraction of sp³-hybridized carbons (Fsp3) is 0.533. The Morgan fingerprint density at radius 1 is 1.37 bits per heavy atom. The molecule has 1 aliphatic rings. The summed E-state index contributed by atoms with van der Waals surface area (Å²) in [6, 6.07) is 4.39. The van der Waals surface area contributed by atoms with Crippen molar-refractivity contribution < 1.29 is 15.0 Å². The largest absolute Gasteiger partial charge is 0.508 e. The van der Waals surface area contributed by atoms with Gasteiger partial charge in [-0.2, -0.15) is 0 Å². The number of aryl methyl sites for hydroxylation is 1. The van der Waals surface area contributed by atoms with Gasteiger partial charge in [-0.25, -0.2) is 0 Å². The summed E-state index contributed by atoms with van der Waals surface area (Å²) in [4.78, 5) is 13.5.